The Bertz CT molecular complexity index is 368. The Labute approximate surface area is 101 Å². The highest BCUT2D eigenvalue weighted by Crippen LogP contribution is 2.27. The average molecular weight is 242 g/mol. The van der Waals surface area contributed by atoms with Crippen LogP contribution in [0, 0.1) is 0 Å². The Morgan fingerprint density at radius 2 is 2.06 bits per heavy atom. The summed E-state index contributed by atoms with van der Waals surface area (Å²) in [5.41, 5.74) is 0.779. The first-order chi connectivity index (χ1) is 7.61. The molecule has 0 aliphatic heterocycles. The van der Waals surface area contributed by atoms with Crippen LogP contribution in [0.1, 0.15) is 20.3 Å². The van der Waals surface area contributed by atoms with E-state index in [1.54, 1.807) is 6.07 Å². The summed E-state index contributed by atoms with van der Waals surface area (Å²) in [5, 5.41) is 9.73. The fourth-order valence-corrected chi connectivity index (χ4v) is 2.02. The first kappa shape index (κ1) is 12.8. The Morgan fingerprint density at radius 3 is 2.50 bits per heavy atom. The number of carboxylic acids is 1. The lowest BCUT2D eigenvalue weighted by Gasteiger charge is -2.29. The number of para-hydroxylation sites is 1. The summed E-state index contributed by atoms with van der Waals surface area (Å²) in [6, 6.07) is 6.79. The van der Waals surface area contributed by atoms with Crippen molar-refractivity contribution < 1.29 is 9.90 Å². The number of aliphatic carboxylic acids is 1. The van der Waals surface area contributed by atoms with Crippen molar-refractivity contribution in [1.29, 1.82) is 0 Å². The largest absolute Gasteiger partial charge is 0.480 e. The van der Waals surface area contributed by atoms with E-state index in [0.717, 1.165) is 5.69 Å². The molecule has 0 saturated heterocycles. The number of carboxylic acid groups (broad SMARTS) is 1. The van der Waals surface area contributed by atoms with E-state index in [1.807, 2.05) is 36.9 Å². The molecule has 88 valence electrons. The average Bonchev–Trinajstić information content (AvgIpc) is 2.26. The van der Waals surface area contributed by atoms with Gasteiger partial charge in [0.25, 0.3) is 0 Å². The molecule has 1 atom stereocenters. The summed E-state index contributed by atoms with van der Waals surface area (Å²) in [6.07, 6.45) is 0.550. The van der Waals surface area contributed by atoms with E-state index in [9.17, 15) is 4.79 Å². The Balaban J connectivity index is 3.06. The fraction of sp³-hybridized carbons (Fsp3) is 0.417. The second-order valence-corrected chi connectivity index (χ2v) is 3.91. The minimum atomic E-state index is -0.815. The Morgan fingerprint density at radius 1 is 1.44 bits per heavy atom. The van der Waals surface area contributed by atoms with Gasteiger partial charge in [0.15, 0.2) is 0 Å². The van der Waals surface area contributed by atoms with Crippen LogP contribution in [0.3, 0.4) is 0 Å². The number of carbonyl (C=O) groups is 1. The predicted octanol–water partition coefficient (Wildman–Crippen LogP) is 3.03. The summed E-state index contributed by atoms with van der Waals surface area (Å²) >= 11 is 6.07. The molecule has 0 bridgehead atoms. The number of likely N-dealkylation sites (N-methyl/N-ethyl adjacent to an activating group) is 1. The van der Waals surface area contributed by atoms with Gasteiger partial charge in [-0.25, -0.2) is 4.79 Å². The summed E-state index contributed by atoms with van der Waals surface area (Å²) in [6.45, 7) is 4.40. The van der Waals surface area contributed by atoms with Crippen LogP contribution in [0.15, 0.2) is 24.3 Å². The maximum Gasteiger partial charge on any atom is 0.326 e. The van der Waals surface area contributed by atoms with Gasteiger partial charge in [0, 0.05) is 6.54 Å². The maximum atomic E-state index is 11.1. The number of benzene rings is 1. The van der Waals surface area contributed by atoms with Crippen molar-refractivity contribution >= 4 is 23.3 Å². The van der Waals surface area contributed by atoms with E-state index in [0.29, 0.717) is 18.0 Å². The van der Waals surface area contributed by atoms with Crippen molar-refractivity contribution in [3.63, 3.8) is 0 Å². The number of anilines is 1. The molecule has 1 N–H and O–H groups in total. The lowest BCUT2D eigenvalue weighted by Crippen LogP contribution is -2.41. The van der Waals surface area contributed by atoms with Gasteiger partial charge in [-0.3, -0.25) is 0 Å². The van der Waals surface area contributed by atoms with E-state index in [4.69, 9.17) is 16.7 Å². The third-order valence-corrected chi connectivity index (χ3v) is 2.87. The second-order valence-electron chi connectivity index (χ2n) is 3.50. The summed E-state index contributed by atoms with van der Waals surface area (Å²) in [4.78, 5) is 12.9. The van der Waals surface area contributed by atoms with Crippen molar-refractivity contribution in [3.8, 4) is 0 Å². The minimum Gasteiger partial charge on any atom is -0.480 e. The van der Waals surface area contributed by atoms with Crippen molar-refractivity contribution in [3.05, 3.63) is 29.3 Å². The molecule has 1 rings (SSSR count). The highest BCUT2D eigenvalue weighted by atomic mass is 35.5. The van der Waals surface area contributed by atoms with Crippen LogP contribution in [0.25, 0.3) is 0 Å². The number of halogens is 1. The smallest absolute Gasteiger partial charge is 0.326 e. The van der Waals surface area contributed by atoms with Crippen LogP contribution in [0.2, 0.25) is 5.02 Å². The molecule has 4 heteroatoms. The highest BCUT2D eigenvalue weighted by molar-refractivity contribution is 6.33. The third kappa shape index (κ3) is 2.67. The molecular weight excluding hydrogens is 226 g/mol. The fourth-order valence-electron chi connectivity index (χ4n) is 1.77. The molecule has 16 heavy (non-hydrogen) atoms. The van der Waals surface area contributed by atoms with Crippen molar-refractivity contribution in [2.75, 3.05) is 11.4 Å². The van der Waals surface area contributed by atoms with Gasteiger partial charge in [0.05, 0.1) is 10.7 Å². The predicted molar refractivity (Wildman–Crippen MR) is 66.2 cm³/mol. The number of rotatable bonds is 5. The first-order valence-electron chi connectivity index (χ1n) is 5.35. The van der Waals surface area contributed by atoms with Gasteiger partial charge in [0.2, 0.25) is 0 Å². The van der Waals surface area contributed by atoms with Crippen LogP contribution in [-0.4, -0.2) is 23.7 Å². The van der Waals surface area contributed by atoms with Crippen molar-refractivity contribution in [2.45, 2.75) is 26.3 Å². The van der Waals surface area contributed by atoms with Gasteiger partial charge in [-0.05, 0) is 25.5 Å². The summed E-state index contributed by atoms with van der Waals surface area (Å²) in [7, 11) is 0. The van der Waals surface area contributed by atoms with E-state index in [2.05, 4.69) is 0 Å². The zero-order chi connectivity index (χ0) is 12.1. The molecule has 0 amide bonds. The maximum absolute atomic E-state index is 11.1. The van der Waals surface area contributed by atoms with Crippen LogP contribution >= 0.6 is 11.6 Å². The third-order valence-electron chi connectivity index (χ3n) is 2.55. The molecule has 0 spiro atoms. The molecule has 0 fully saturated rings. The topological polar surface area (TPSA) is 40.5 Å². The van der Waals surface area contributed by atoms with Crippen LogP contribution in [0.5, 0.6) is 0 Å². The van der Waals surface area contributed by atoms with Crippen molar-refractivity contribution in [2.24, 2.45) is 0 Å². The lowest BCUT2D eigenvalue weighted by atomic mass is 10.1. The van der Waals surface area contributed by atoms with E-state index < -0.39 is 12.0 Å². The molecule has 0 aromatic heterocycles. The molecule has 3 nitrogen and oxygen atoms in total. The number of hydrogen-bond donors (Lipinski definition) is 1. The van der Waals surface area contributed by atoms with E-state index in [1.165, 1.54) is 0 Å². The second kappa shape index (κ2) is 5.75. The minimum absolute atomic E-state index is 0.523. The summed E-state index contributed by atoms with van der Waals surface area (Å²) < 4.78 is 0. The molecule has 0 unspecified atom stereocenters. The van der Waals surface area contributed by atoms with Crippen molar-refractivity contribution in [1.82, 2.24) is 0 Å². The van der Waals surface area contributed by atoms with Gasteiger partial charge in [0.1, 0.15) is 6.04 Å². The SMILES string of the molecule is CC[C@H](C(=O)O)N(CC)c1ccccc1Cl. The molecule has 0 aliphatic carbocycles. The molecule has 0 heterocycles. The van der Waals surface area contributed by atoms with Gasteiger partial charge in [-0.15, -0.1) is 0 Å². The quantitative estimate of drug-likeness (QED) is 0.862. The van der Waals surface area contributed by atoms with E-state index >= 15 is 0 Å². The zero-order valence-corrected chi connectivity index (χ0v) is 10.2. The lowest BCUT2D eigenvalue weighted by molar-refractivity contribution is -0.138. The van der Waals surface area contributed by atoms with Gasteiger partial charge < -0.3 is 10.0 Å². The Hall–Kier alpha value is -1.22. The molecule has 0 aliphatic rings. The van der Waals surface area contributed by atoms with Gasteiger partial charge in [-0.1, -0.05) is 30.7 Å². The monoisotopic (exact) mass is 241 g/mol. The molecule has 1 aromatic carbocycles. The van der Waals surface area contributed by atoms with Gasteiger partial charge >= 0.3 is 5.97 Å². The number of nitrogens with zero attached hydrogens (tertiary/aromatic N) is 1. The summed E-state index contributed by atoms with van der Waals surface area (Å²) in [5.74, 6) is -0.815. The van der Waals surface area contributed by atoms with E-state index in [-0.39, 0.29) is 0 Å². The van der Waals surface area contributed by atoms with Crippen LogP contribution < -0.4 is 4.90 Å². The molecule has 0 radical (unpaired) electrons. The number of hydrogen-bond acceptors (Lipinski definition) is 2. The molecular formula is C12H16ClNO2. The zero-order valence-electron chi connectivity index (χ0n) is 9.48. The Kier molecular flexibility index (Phi) is 4.62. The van der Waals surface area contributed by atoms with Crippen LogP contribution in [-0.2, 0) is 4.79 Å². The molecule has 0 saturated carbocycles. The first-order valence-corrected chi connectivity index (χ1v) is 5.73. The molecule has 1 aromatic rings. The standard InChI is InChI=1S/C12H16ClNO2/c1-3-10(12(15)16)14(4-2)11-8-6-5-7-9(11)13/h5-8,10H,3-4H2,1-2H3,(H,15,16)/t10-/m1/s1. The highest BCUT2D eigenvalue weighted by Gasteiger charge is 2.23. The normalized spacial score (nSPS) is 12.2. The van der Waals surface area contributed by atoms with Gasteiger partial charge in [-0.2, -0.15) is 0 Å². The van der Waals surface area contributed by atoms with Crippen LogP contribution in [0.4, 0.5) is 5.69 Å².